The maximum Gasteiger partial charge on any atom is 0.341 e. The van der Waals surface area contributed by atoms with Crippen molar-refractivity contribution >= 4 is 11.9 Å². The Morgan fingerprint density at radius 3 is 2.57 bits per heavy atom. The molecule has 0 aliphatic heterocycles. The van der Waals surface area contributed by atoms with Crippen LogP contribution in [0.25, 0.3) is 0 Å². The second kappa shape index (κ2) is 8.39. The number of nitrogens with zero attached hydrogens (tertiary/aromatic N) is 1. The highest BCUT2D eigenvalue weighted by Gasteiger charge is 2.18. The third-order valence-electron chi connectivity index (χ3n) is 2.58. The van der Waals surface area contributed by atoms with Gasteiger partial charge in [0.05, 0.1) is 19.1 Å². The molecule has 0 saturated carbocycles. The summed E-state index contributed by atoms with van der Waals surface area (Å²) in [7, 11) is 3.59. The molecule has 1 aromatic carbocycles. The number of carbonyl (C=O) groups excluding carboxylic acids is 2. The molecule has 6 nitrogen and oxygen atoms in total. The molecule has 0 fully saturated rings. The molecule has 0 aliphatic rings. The fourth-order valence-electron chi connectivity index (χ4n) is 1.78. The van der Waals surface area contributed by atoms with Gasteiger partial charge in [0.1, 0.15) is 11.3 Å². The largest absolute Gasteiger partial charge is 0.462 e. The first-order valence-electron chi connectivity index (χ1n) is 6.73. The molecule has 0 bridgehead atoms. The molecule has 0 heterocycles. The van der Waals surface area contributed by atoms with Gasteiger partial charge in [0.2, 0.25) is 0 Å². The molecule has 6 heteroatoms. The maximum atomic E-state index is 11.8. The second-order valence-corrected chi connectivity index (χ2v) is 4.81. The van der Waals surface area contributed by atoms with E-state index in [1.54, 1.807) is 38.1 Å². The Hall–Kier alpha value is -1.92. The van der Waals surface area contributed by atoms with Crippen molar-refractivity contribution in [3.8, 4) is 5.75 Å². The van der Waals surface area contributed by atoms with Crippen LogP contribution >= 0.6 is 0 Å². The lowest BCUT2D eigenvalue weighted by Gasteiger charge is -2.15. The lowest BCUT2D eigenvalue weighted by Crippen LogP contribution is -2.29. The summed E-state index contributed by atoms with van der Waals surface area (Å²) in [6, 6.07) is 6.35. The van der Waals surface area contributed by atoms with E-state index in [4.69, 9.17) is 9.47 Å². The van der Waals surface area contributed by atoms with E-state index in [1.807, 2.05) is 0 Å². The van der Waals surface area contributed by atoms with E-state index in [0.29, 0.717) is 6.54 Å². The van der Waals surface area contributed by atoms with Gasteiger partial charge in [-0.3, -0.25) is 4.79 Å². The summed E-state index contributed by atoms with van der Waals surface area (Å²) in [5, 5.41) is 9.70. The van der Waals surface area contributed by atoms with Crippen LogP contribution in [-0.4, -0.2) is 55.3 Å². The van der Waals surface area contributed by atoms with Gasteiger partial charge in [0.25, 0.3) is 0 Å². The summed E-state index contributed by atoms with van der Waals surface area (Å²) in [4.78, 5) is 25.3. The summed E-state index contributed by atoms with van der Waals surface area (Å²) in [6.45, 7) is 2.29. The van der Waals surface area contributed by atoms with Crippen molar-refractivity contribution in [2.24, 2.45) is 0 Å². The fraction of sp³-hybridized carbons (Fsp3) is 0.467. The summed E-state index contributed by atoms with van der Waals surface area (Å²) in [5.74, 6) is -1.01. The number of benzene rings is 1. The van der Waals surface area contributed by atoms with E-state index in [0.717, 1.165) is 0 Å². The van der Waals surface area contributed by atoms with Crippen LogP contribution in [0.3, 0.4) is 0 Å². The van der Waals surface area contributed by atoms with Crippen LogP contribution < -0.4 is 4.74 Å². The summed E-state index contributed by atoms with van der Waals surface area (Å²) in [6.07, 6.45) is -0.961. The Labute approximate surface area is 124 Å². The van der Waals surface area contributed by atoms with Crippen LogP contribution in [0, 0.1) is 0 Å². The molecule has 1 rings (SSSR count). The first-order chi connectivity index (χ1) is 9.93. The number of rotatable bonds is 7. The second-order valence-electron chi connectivity index (χ2n) is 4.81. The van der Waals surface area contributed by atoms with Crippen LogP contribution in [-0.2, 0) is 9.53 Å². The van der Waals surface area contributed by atoms with Gasteiger partial charge in [-0.25, -0.2) is 4.79 Å². The predicted molar refractivity (Wildman–Crippen MR) is 77.2 cm³/mol. The molecule has 0 aliphatic carbocycles. The zero-order valence-electron chi connectivity index (χ0n) is 12.5. The Balaban J connectivity index is 2.70. The molecule has 1 N–H and O–H groups in total. The van der Waals surface area contributed by atoms with Gasteiger partial charge in [-0.15, -0.1) is 0 Å². The number of aliphatic hydroxyl groups excluding tert-OH is 1. The highest BCUT2D eigenvalue weighted by molar-refractivity contribution is 5.93. The fourth-order valence-corrected chi connectivity index (χ4v) is 1.78. The van der Waals surface area contributed by atoms with Gasteiger partial charge >= 0.3 is 11.9 Å². The smallest absolute Gasteiger partial charge is 0.341 e. The Kier molecular flexibility index (Phi) is 6.84. The van der Waals surface area contributed by atoms with Gasteiger partial charge in [-0.2, -0.15) is 0 Å². The SMILES string of the molecule is CCOC(=O)c1ccccc1OC(=O)CC(O)CN(C)C. The van der Waals surface area contributed by atoms with Gasteiger partial charge in [-0.05, 0) is 33.2 Å². The van der Waals surface area contributed by atoms with E-state index >= 15 is 0 Å². The quantitative estimate of drug-likeness (QED) is 0.599. The highest BCUT2D eigenvalue weighted by Crippen LogP contribution is 2.19. The Bertz CT molecular complexity index is 487. The van der Waals surface area contributed by atoms with Gasteiger partial charge < -0.3 is 19.5 Å². The average molecular weight is 295 g/mol. The van der Waals surface area contributed by atoms with Crippen molar-refractivity contribution in [2.45, 2.75) is 19.4 Å². The van der Waals surface area contributed by atoms with Crippen molar-refractivity contribution in [3.63, 3.8) is 0 Å². The standard InChI is InChI=1S/C15H21NO5/c1-4-20-15(19)12-7-5-6-8-13(12)21-14(18)9-11(17)10-16(2)3/h5-8,11,17H,4,9-10H2,1-3H3. The zero-order valence-corrected chi connectivity index (χ0v) is 12.5. The topological polar surface area (TPSA) is 76.1 Å². The lowest BCUT2D eigenvalue weighted by molar-refractivity contribution is -0.136. The maximum absolute atomic E-state index is 11.8. The number of ether oxygens (including phenoxy) is 2. The molecule has 1 aromatic rings. The number of likely N-dealkylation sites (N-methyl/N-ethyl adjacent to an activating group) is 1. The lowest BCUT2D eigenvalue weighted by atomic mass is 10.2. The number of para-hydroxylation sites is 1. The summed E-state index contributed by atoms with van der Waals surface area (Å²) in [5.41, 5.74) is 0.190. The summed E-state index contributed by atoms with van der Waals surface area (Å²) < 4.78 is 10.0. The van der Waals surface area contributed by atoms with Crippen molar-refractivity contribution in [3.05, 3.63) is 29.8 Å². The summed E-state index contributed by atoms with van der Waals surface area (Å²) >= 11 is 0. The first-order valence-corrected chi connectivity index (χ1v) is 6.73. The monoisotopic (exact) mass is 295 g/mol. The van der Waals surface area contributed by atoms with Crippen molar-refractivity contribution in [2.75, 3.05) is 27.2 Å². The molecule has 0 radical (unpaired) electrons. The molecule has 116 valence electrons. The number of hydrogen-bond donors (Lipinski definition) is 1. The van der Waals surface area contributed by atoms with Crippen LogP contribution in [0.4, 0.5) is 0 Å². The van der Waals surface area contributed by atoms with E-state index < -0.39 is 18.0 Å². The molecule has 0 spiro atoms. The van der Waals surface area contributed by atoms with E-state index in [9.17, 15) is 14.7 Å². The molecule has 1 unspecified atom stereocenters. The first kappa shape index (κ1) is 17.1. The van der Waals surface area contributed by atoms with Gasteiger partial charge in [-0.1, -0.05) is 12.1 Å². The van der Waals surface area contributed by atoms with Crippen molar-refractivity contribution < 1.29 is 24.2 Å². The molecule has 0 amide bonds. The molecular formula is C15H21NO5. The normalized spacial score (nSPS) is 12.0. The zero-order chi connectivity index (χ0) is 15.8. The Morgan fingerprint density at radius 1 is 1.29 bits per heavy atom. The third kappa shape index (κ3) is 5.93. The highest BCUT2D eigenvalue weighted by atomic mass is 16.5. The van der Waals surface area contributed by atoms with Crippen LogP contribution in [0.5, 0.6) is 5.75 Å². The number of hydrogen-bond acceptors (Lipinski definition) is 6. The third-order valence-corrected chi connectivity index (χ3v) is 2.58. The van der Waals surface area contributed by atoms with Gasteiger partial charge in [0, 0.05) is 6.54 Å². The van der Waals surface area contributed by atoms with Crippen LogP contribution in [0.15, 0.2) is 24.3 Å². The number of esters is 2. The van der Waals surface area contributed by atoms with Gasteiger partial charge in [0.15, 0.2) is 0 Å². The van der Waals surface area contributed by atoms with E-state index in [-0.39, 0.29) is 24.3 Å². The average Bonchev–Trinajstić information content (AvgIpc) is 2.38. The van der Waals surface area contributed by atoms with Crippen LogP contribution in [0.1, 0.15) is 23.7 Å². The predicted octanol–water partition coefficient (Wildman–Crippen LogP) is 1.08. The molecule has 21 heavy (non-hydrogen) atoms. The van der Waals surface area contributed by atoms with Crippen molar-refractivity contribution in [1.29, 1.82) is 0 Å². The van der Waals surface area contributed by atoms with E-state index in [2.05, 4.69) is 0 Å². The molecular weight excluding hydrogens is 274 g/mol. The number of carbonyl (C=O) groups is 2. The van der Waals surface area contributed by atoms with Crippen LogP contribution in [0.2, 0.25) is 0 Å². The molecule has 0 aromatic heterocycles. The van der Waals surface area contributed by atoms with E-state index in [1.165, 1.54) is 12.1 Å². The van der Waals surface area contributed by atoms with Crippen molar-refractivity contribution in [1.82, 2.24) is 4.90 Å². The number of aliphatic hydroxyl groups is 1. The minimum atomic E-state index is -0.817. The molecule has 1 atom stereocenters. The Morgan fingerprint density at radius 2 is 1.95 bits per heavy atom. The molecule has 0 saturated heterocycles. The minimum absolute atomic E-state index is 0.137. The minimum Gasteiger partial charge on any atom is -0.462 e.